The van der Waals surface area contributed by atoms with Gasteiger partial charge in [-0.3, -0.25) is 0 Å². The molecule has 0 aromatic heterocycles. The van der Waals surface area contributed by atoms with Crippen LogP contribution in [0.25, 0.3) is 0 Å². The Morgan fingerprint density at radius 2 is 1.08 bits per heavy atom. The Labute approximate surface area is 236 Å². The molecule has 216 valence electrons. The van der Waals surface area contributed by atoms with Gasteiger partial charge in [-0.15, -0.1) is 0 Å². The number of benzene rings is 1. The van der Waals surface area contributed by atoms with Crippen LogP contribution in [0.15, 0.2) is 12.1 Å². The predicted octanol–water partition coefficient (Wildman–Crippen LogP) is 8.33. The fraction of sp³-hybridized carbons (Fsp3) is 0.806. The normalized spacial score (nSPS) is 12.2. The van der Waals surface area contributed by atoms with E-state index in [0.29, 0.717) is 39.8 Å². The van der Waals surface area contributed by atoms with E-state index in [1.54, 1.807) is 13.3 Å². The van der Waals surface area contributed by atoms with Crippen molar-refractivity contribution in [3.05, 3.63) is 23.3 Å². The van der Waals surface area contributed by atoms with Crippen LogP contribution in [0.3, 0.4) is 0 Å². The number of hydrogen-bond donors (Lipinski definition) is 0. The molecule has 0 saturated carbocycles. The van der Waals surface area contributed by atoms with E-state index in [2.05, 4.69) is 40.7 Å². The Morgan fingerprint density at radius 3 is 1.59 bits per heavy atom. The van der Waals surface area contributed by atoms with Crippen molar-refractivity contribution in [3.63, 3.8) is 0 Å². The third-order valence-corrected chi connectivity index (χ3v) is 17.2. The predicted molar refractivity (Wildman–Crippen MR) is 159 cm³/mol. The first-order valence-corrected chi connectivity index (χ1v) is 22.3. The molecule has 0 aliphatic carbocycles. The summed E-state index contributed by atoms with van der Waals surface area (Å²) in [6.07, 6.45) is 13.3. The fourth-order valence-corrected chi connectivity index (χ4v) is 15.4. The summed E-state index contributed by atoms with van der Waals surface area (Å²) < 4.78 is 32.7. The van der Waals surface area contributed by atoms with E-state index in [9.17, 15) is 0 Å². The monoisotopic (exact) mass is 630 g/mol. The van der Waals surface area contributed by atoms with Gasteiger partial charge >= 0.3 is 92.4 Å². The van der Waals surface area contributed by atoms with Gasteiger partial charge < -0.3 is 23.7 Å². The summed E-state index contributed by atoms with van der Waals surface area (Å²) in [4.78, 5) is 0. The number of hydrogen-bond acceptors (Lipinski definition) is 5. The standard InChI is InChI=1S/C19H30O5.3C4H9.Sn.H/c1-3-5-7-20-8-9-21-10-11-22-14-17-13-19-18(23-15-24-19)12-16(17)6-4-2;3*1-3-4-2;;/h12-13H,3-11,14-15H2,1-2H3;3*1,3-4H2,2H3;;. The van der Waals surface area contributed by atoms with Gasteiger partial charge in [0.25, 0.3) is 0 Å². The zero-order valence-electron chi connectivity index (χ0n) is 24.9. The Morgan fingerprint density at radius 1 is 0.595 bits per heavy atom. The molecule has 5 nitrogen and oxygen atoms in total. The second-order valence-electron chi connectivity index (χ2n) is 10.1. The minimum absolute atomic E-state index is 0.305. The molecule has 0 saturated heterocycles. The van der Waals surface area contributed by atoms with Crippen LogP contribution in [0.1, 0.15) is 104 Å². The first kappa shape index (κ1) is 34.5. The number of rotatable bonds is 22. The van der Waals surface area contributed by atoms with Crippen molar-refractivity contribution in [1.82, 2.24) is 0 Å². The van der Waals surface area contributed by atoms with Gasteiger partial charge in [0.05, 0.1) is 33.0 Å². The Kier molecular flexibility index (Phi) is 22.9. The molecule has 1 aromatic carbocycles. The third-order valence-electron chi connectivity index (χ3n) is 6.76. The zero-order valence-corrected chi connectivity index (χ0v) is 28.2. The average molecular weight is 630 g/mol. The summed E-state index contributed by atoms with van der Waals surface area (Å²) in [6.45, 7) is 15.5. The SMILES string of the molecule is CCCCOCCOCCOCc1cc2c(cc1CCC)OCO2.CCC[CH2][SnH]([CH2]CCC)[CH2]CCC. The molecule has 0 N–H and O–H groups in total. The van der Waals surface area contributed by atoms with E-state index in [-0.39, 0.29) is 0 Å². The van der Waals surface area contributed by atoms with Crippen LogP contribution >= 0.6 is 0 Å². The molecule has 1 aliphatic heterocycles. The van der Waals surface area contributed by atoms with Crippen LogP contribution in [-0.2, 0) is 27.2 Å². The van der Waals surface area contributed by atoms with Crippen molar-refractivity contribution in [2.45, 2.75) is 119 Å². The molecule has 0 bridgehead atoms. The van der Waals surface area contributed by atoms with Gasteiger partial charge in [0.2, 0.25) is 6.79 Å². The molecule has 1 heterocycles. The van der Waals surface area contributed by atoms with Gasteiger partial charge in [0.15, 0.2) is 11.5 Å². The van der Waals surface area contributed by atoms with Crippen LogP contribution < -0.4 is 9.47 Å². The maximum atomic E-state index is 5.75. The first-order chi connectivity index (χ1) is 18.2. The molecule has 1 aliphatic rings. The molecule has 37 heavy (non-hydrogen) atoms. The molecule has 1 aromatic rings. The van der Waals surface area contributed by atoms with Crippen LogP contribution in [0.2, 0.25) is 13.3 Å². The quantitative estimate of drug-likeness (QED) is 0.0954. The van der Waals surface area contributed by atoms with E-state index in [4.69, 9.17) is 23.7 Å². The maximum absolute atomic E-state index is 5.75. The molecule has 2 rings (SSSR count). The van der Waals surface area contributed by atoms with Crippen molar-refractivity contribution in [2.24, 2.45) is 0 Å². The molecule has 0 fully saturated rings. The molecule has 0 unspecified atom stereocenters. The van der Waals surface area contributed by atoms with E-state index in [1.165, 1.54) is 49.7 Å². The fourth-order valence-electron chi connectivity index (χ4n) is 4.44. The summed E-state index contributed by atoms with van der Waals surface area (Å²) in [5.74, 6) is 1.66. The van der Waals surface area contributed by atoms with Gasteiger partial charge in [-0.25, -0.2) is 0 Å². The van der Waals surface area contributed by atoms with Crippen LogP contribution in [-0.4, -0.2) is 59.6 Å². The molecule has 0 amide bonds. The van der Waals surface area contributed by atoms with Crippen molar-refractivity contribution in [1.29, 1.82) is 0 Å². The van der Waals surface area contributed by atoms with E-state index in [1.807, 2.05) is 6.07 Å². The van der Waals surface area contributed by atoms with Crippen LogP contribution in [0.4, 0.5) is 0 Å². The Bertz CT molecular complexity index is 636. The summed E-state index contributed by atoms with van der Waals surface area (Å²) in [7, 11) is 0. The first-order valence-electron chi connectivity index (χ1n) is 15.3. The van der Waals surface area contributed by atoms with Crippen molar-refractivity contribution >= 4 is 19.8 Å². The van der Waals surface area contributed by atoms with Crippen LogP contribution in [0.5, 0.6) is 11.5 Å². The number of fused-ring (bicyclic) bond motifs is 1. The van der Waals surface area contributed by atoms with E-state index in [0.717, 1.165) is 43.8 Å². The summed E-state index contributed by atoms with van der Waals surface area (Å²) in [5, 5.41) is 0. The molecular weight excluding hydrogens is 571 g/mol. The van der Waals surface area contributed by atoms with Crippen molar-refractivity contribution in [2.75, 3.05) is 39.8 Å². The van der Waals surface area contributed by atoms with Gasteiger partial charge in [-0.05, 0) is 36.1 Å². The van der Waals surface area contributed by atoms with Gasteiger partial charge in [0, 0.05) is 6.61 Å². The molecule has 0 spiro atoms. The van der Waals surface area contributed by atoms with Gasteiger partial charge in [-0.2, -0.15) is 0 Å². The summed E-state index contributed by atoms with van der Waals surface area (Å²) in [5.41, 5.74) is 2.44. The summed E-state index contributed by atoms with van der Waals surface area (Å²) >= 11 is -0.967. The van der Waals surface area contributed by atoms with Crippen molar-refractivity contribution in [3.8, 4) is 11.5 Å². The topological polar surface area (TPSA) is 46.2 Å². The molecule has 6 heteroatoms. The second kappa shape index (κ2) is 24.5. The van der Waals surface area contributed by atoms with Crippen molar-refractivity contribution < 1.29 is 23.7 Å². The summed E-state index contributed by atoms with van der Waals surface area (Å²) in [6, 6.07) is 4.12. The van der Waals surface area contributed by atoms with Gasteiger partial charge in [-0.1, -0.05) is 26.7 Å². The molecule has 0 atom stereocenters. The zero-order chi connectivity index (χ0) is 27.0. The second-order valence-corrected chi connectivity index (χ2v) is 20.0. The number of ether oxygens (including phenoxy) is 5. The average Bonchev–Trinajstić information content (AvgIpc) is 3.37. The van der Waals surface area contributed by atoms with Gasteiger partial charge in [0.1, 0.15) is 0 Å². The Balaban J connectivity index is 0.000000448. The van der Waals surface area contributed by atoms with E-state index < -0.39 is 19.8 Å². The van der Waals surface area contributed by atoms with Crippen LogP contribution in [0, 0.1) is 0 Å². The number of aryl methyl sites for hydroxylation is 1. The Hall–Kier alpha value is -0.501. The number of unbranched alkanes of at least 4 members (excludes halogenated alkanes) is 4. The third kappa shape index (κ3) is 16.9. The van der Waals surface area contributed by atoms with E-state index >= 15 is 0 Å². The molecule has 0 radical (unpaired) electrons. The molecular formula is C31H58O5Sn. The minimum atomic E-state index is -0.967.